The molecule has 114 valence electrons. The highest BCUT2D eigenvalue weighted by Crippen LogP contribution is 2.38. The highest BCUT2D eigenvalue weighted by atomic mass is 16.5. The van der Waals surface area contributed by atoms with Gasteiger partial charge in [0, 0.05) is 18.2 Å². The van der Waals surface area contributed by atoms with Gasteiger partial charge in [-0.2, -0.15) is 0 Å². The van der Waals surface area contributed by atoms with Crippen molar-refractivity contribution in [3.05, 3.63) is 36.4 Å². The molecule has 3 heteroatoms. The fourth-order valence-corrected chi connectivity index (χ4v) is 2.94. The van der Waals surface area contributed by atoms with Crippen LogP contribution in [0.25, 0.3) is 0 Å². The van der Waals surface area contributed by atoms with Crippen LogP contribution >= 0.6 is 0 Å². The SMILES string of the molecule is C=CC[C@H]1CCC(=O)N1c1ccc(OC)cc1C(C)(C)C. The van der Waals surface area contributed by atoms with E-state index in [0.29, 0.717) is 6.42 Å². The highest BCUT2D eigenvalue weighted by Gasteiger charge is 2.34. The molecule has 0 bridgehead atoms. The average Bonchev–Trinajstić information content (AvgIpc) is 2.78. The van der Waals surface area contributed by atoms with Gasteiger partial charge in [0.1, 0.15) is 5.75 Å². The number of rotatable bonds is 4. The number of benzene rings is 1. The van der Waals surface area contributed by atoms with E-state index >= 15 is 0 Å². The minimum absolute atomic E-state index is 0.0501. The summed E-state index contributed by atoms with van der Waals surface area (Å²) in [7, 11) is 1.67. The molecule has 1 heterocycles. The minimum atomic E-state index is -0.0501. The number of anilines is 1. The van der Waals surface area contributed by atoms with Crippen LogP contribution in [0.15, 0.2) is 30.9 Å². The number of hydrogen-bond acceptors (Lipinski definition) is 2. The van der Waals surface area contributed by atoms with Crippen molar-refractivity contribution in [2.75, 3.05) is 12.0 Å². The molecule has 3 nitrogen and oxygen atoms in total. The van der Waals surface area contributed by atoms with Crippen molar-refractivity contribution in [3.63, 3.8) is 0 Å². The van der Waals surface area contributed by atoms with Gasteiger partial charge >= 0.3 is 0 Å². The van der Waals surface area contributed by atoms with Gasteiger partial charge in [-0.3, -0.25) is 4.79 Å². The minimum Gasteiger partial charge on any atom is -0.497 e. The van der Waals surface area contributed by atoms with Crippen LogP contribution in [-0.4, -0.2) is 19.1 Å². The number of hydrogen-bond donors (Lipinski definition) is 0. The van der Waals surface area contributed by atoms with Gasteiger partial charge in [-0.15, -0.1) is 6.58 Å². The fourth-order valence-electron chi connectivity index (χ4n) is 2.94. The summed E-state index contributed by atoms with van der Waals surface area (Å²) >= 11 is 0. The summed E-state index contributed by atoms with van der Waals surface area (Å²) in [6.45, 7) is 10.3. The van der Waals surface area contributed by atoms with Crippen LogP contribution < -0.4 is 9.64 Å². The third-order valence-corrected chi connectivity index (χ3v) is 4.04. The van der Waals surface area contributed by atoms with Crippen molar-refractivity contribution in [1.29, 1.82) is 0 Å². The number of methoxy groups -OCH3 is 1. The summed E-state index contributed by atoms with van der Waals surface area (Å²) in [6.07, 6.45) is 4.26. The van der Waals surface area contributed by atoms with E-state index in [2.05, 4.69) is 27.4 Å². The largest absolute Gasteiger partial charge is 0.497 e. The molecule has 21 heavy (non-hydrogen) atoms. The van der Waals surface area contributed by atoms with Gasteiger partial charge in [0.2, 0.25) is 5.91 Å². The first-order valence-corrected chi connectivity index (χ1v) is 7.50. The Bertz CT molecular complexity index is 543. The van der Waals surface area contributed by atoms with E-state index in [-0.39, 0.29) is 17.4 Å². The van der Waals surface area contributed by atoms with E-state index in [0.717, 1.165) is 29.8 Å². The van der Waals surface area contributed by atoms with Crippen LogP contribution in [0, 0.1) is 0 Å². The molecule has 0 spiro atoms. The predicted molar refractivity (Wildman–Crippen MR) is 87.0 cm³/mol. The smallest absolute Gasteiger partial charge is 0.227 e. The maximum Gasteiger partial charge on any atom is 0.227 e. The molecular formula is C18H25NO2. The number of carbonyl (C=O) groups excluding carboxylic acids is 1. The summed E-state index contributed by atoms with van der Waals surface area (Å²) in [6, 6.07) is 6.22. The van der Waals surface area contributed by atoms with Gasteiger partial charge in [0.05, 0.1) is 7.11 Å². The van der Waals surface area contributed by atoms with Crippen LogP contribution in [0.4, 0.5) is 5.69 Å². The Morgan fingerprint density at radius 3 is 2.71 bits per heavy atom. The second-order valence-corrected chi connectivity index (χ2v) is 6.61. The molecular weight excluding hydrogens is 262 g/mol. The summed E-state index contributed by atoms with van der Waals surface area (Å²) in [5.41, 5.74) is 2.11. The van der Waals surface area contributed by atoms with Crippen molar-refractivity contribution >= 4 is 11.6 Å². The molecule has 0 aliphatic carbocycles. The molecule has 0 unspecified atom stereocenters. The fraction of sp³-hybridized carbons (Fsp3) is 0.500. The lowest BCUT2D eigenvalue weighted by molar-refractivity contribution is -0.117. The van der Waals surface area contributed by atoms with Crippen LogP contribution in [0.1, 0.15) is 45.6 Å². The molecule has 1 aromatic rings. The number of nitrogens with zero attached hydrogens (tertiary/aromatic N) is 1. The maximum absolute atomic E-state index is 12.4. The van der Waals surface area contributed by atoms with Gasteiger partial charge in [0.25, 0.3) is 0 Å². The Hall–Kier alpha value is -1.77. The molecule has 0 aromatic heterocycles. The van der Waals surface area contributed by atoms with Gasteiger partial charge in [-0.25, -0.2) is 0 Å². The second kappa shape index (κ2) is 5.92. The molecule has 1 aromatic carbocycles. The van der Waals surface area contributed by atoms with Crippen molar-refractivity contribution in [3.8, 4) is 5.75 Å². The topological polar surface area (TPSA) is 29.5 Å². The van der Waals surface area contributed by atoms with Crippen molar-refractivity contribution < 1.29 is 9.53 Å². The Kier molecular flexibility index (Phi) is 4.40. The summed E-state index contributed by atoms with van der Waals surface area (Å²) in [5, 5.41) is 0. The van der Waals surface area contributed by atoms with Gasteiger partial charge in [-0.1, -0.05) is 26.8 Å². The number of amides is 1. The Labute approximate surface area is 127 Å². The zero-order chi connectivity index (χ0) is 15.6. The lowest BCUT2D eigenvalue weighted by atomic mass is 9.85. The van der Waals surface area contributed by atoms with E-state index in [4.69, 9.17) is 4.74 Å². The normalized spacial score (nSPS) is 19.0. The standard InChI is InChI=1S/C18H25NO2/c1-6-7-13-8-11-17(20)19(13)16-10-9-14(21-5)12-15(16)18(2,3)4/h6,9-10,12-13H,1,7-8,11H2,2-5H3/t13-/m0/s1. The molecule has 1 fully saturated rings. The van der Waals surface area contributed by atoms with Crippen molar-refractivity contribution in [1.82, 2.24) is 0 Å². The zero-order valence-corrected chi connectivity index (χ0v) is 13.5. The number of carbonyl (C=O) groups is 1. The summed E-state index contributed by atoms with van der Waals surface area (Å²) in [5.74, 6) is 1.04. The lowest BCUT2D eigenvalue weighted by Gasteiger charge is -2.31. The van der Waals surface area contributed by atoms with Gasteiger partial charge in [0.15, 0.2) is 0 Å². The van der Waals surface area contributed by atoms with Crippen molar-refractivity contribution in [2.45, 2.75) is 51.5 Å². The highest BCUT2D eigenvalue weighted by molar-refractivity contribution is 5.97. The average molecular weight is 287 g/mol. The van der Waals surface area contributed by atoms with E-state index in [1.54, 1.807) is 7.11 Å². The quantitative estimate of drug-likeness (QED) is 0.781. The third-order valence-electron chi connectivity index (χ3n) is 4.04. The molecule has 0 radical (unpaired) electrons. The molecule has 1 atom stereocenters. The van der Waals surface area contributed by atoms with Crippen LogP contribution in [0.5, 0.6) is 5.75 Å². The first-order chi connectivity index (χ1) is 9.88. The molecule has 0 N–H and O–H groups in total. The second-order valence-electron chi connectivity index (χ2n) is 6.61. The Balaban J connectivity index is 2.51. The van der Waals surface area contributed by atoms with E-state index in [1.165, 1.54) is 0 Å². The third kappa shape index (κ3) is 3.12. The van der Waals surface area contributed by atoms with Crippen LogP contribution in [0.2, 0.25) is 0 Å². The van der Waals surface area contributed by atoms with E-state index < -0.39 is 0 Å². The zero-order valence-electron chi connectivity index (χ0n) is 13.5. The Morgan fingerprint density at radius 2 is 2.14 bits per heavy atom. The first kappa shape index (κ1) is 15.6. The maximum atomic E-state index is 12.4. The monoisotopic (exact) mass is 287 g/mol. The molecule has 2 rings (SSSR count). The van der Waals surface area contributed by atoms with Crippen LogP contribution in [0.3, 0.4) is 0 Å². The summed E-state index contributed by atoms with van der Waals surface area (Å²) < 4.78 is 5.35. The molecule has 1 aliphatic rings. The Morgan fingerprint density at radius 1 is 1.43 bits per heavy atom. The lowest BCUT2D eigenvalue weighted by Crippen LogP contribution is -2.34. The molecule has 1 amide bonds. The van der Waals surface area contributed by atoms with Gasteiger partial charge in [-0.05, 0) is 42.0 Å². The van der Waals surface area contributed by atoms with E-state index in [9.17, 15) is 4.79 Å². The molecule has 1 saturated heterocycles. The first-order valence-electron chi connectivity index (χ1n) is 7.50. The van der Waals surface area contributed by atoms with E-state index in [1.807, 2.05) is 29.2 Å². The summed E-state index contributed by atoms with van der Waals surface area (Å²) in [4.78, 5) is 14.3. The van der Waals surface area contributed by atoms with Crippen LogP contribution in [-0.2, 0) is 10.2 Å². The molecule has 0 saturated carbocycles. The molecule has 1 aliphatic heterocycles. The van der Waals surface area contributed by atoms with Crippen molar-refractivity contribution in [2.24, 2.45) is 0 Å². The number of ether oxygens (including phenoxy) is 1. The predicted octanol–water partition coefficient (Wildman–Crippen LogP) is 4.06. The van der Waals surface area contributed by atoms with Gasteiger partial charge < -0.3 is 9.64 Å².